The first-order chi connectivity index (χ1) is 10.4. The minimum Gasteiger partial charge on any atom is -0.350 e. The van der Waals surface area contributed by atoms with Crippen LogP contribution in [0.25, 0.3) is 0 Å². The molecule has 2 aromatic rings. The summed E-state index contributed by atoms with van der Waals surface area (Å²) < 4.78 is 12.9. The fourth-order valence-electron chi connectivity index (χ4n) is 1.93. The van der Waals surface area contributed by atoms with Gasteiger partial charge in [-0.3, -0.25) is 4.79 Å². The molecule has 0 unspecified atom stereocenters. The molecule has 0 radical (unpaired) electrons. The number of amides is 1. The molecule has 0 fully saturated rings. The van der Waals surface area contributed by atoms with Gasteiger partial charge in [-0.05, 0) is 31.5 Å². The van der Waals surface area contributed by atoms with E-state index < -0.39 is 5.54 Å². The van der Waals surface area contributed by atoms with Gasteiger partial charge in [-0.1, -0.05) is 12.1 Å². The summed E-state index contributed by atoms with van der Waals surface area (Å²) in [5.74, 6) is -0.336. The maximum absolute atomic E-state index is 12.9. The third-order valence-electron chi connectivity index (χ3n) is 3.20. The average Bonchev–Trinajstić information content (AvgIpc) is 2.88. The zero-order chi connectivity index (χ0) is 16.2. The molecule has 0 atom stereocenters. The van der Waals surface area contributed by atoms with E-state index in [1.807, 2.05) is 19.2 Å². The van der Waals surface area contributed by atoms with Gasteiger partial charge in [-0.2, -0.15) is 0 Å². The first-order valence-corrected chi connectivity index (χ1v) is 7.95. The van der Waals surface area contributed by atoms with Crippen LogP contribution in [-0.2, 0) is 17.6 Å². The molecule has 0 spiro atoms. The Bertz CT molecular complexity index is 647. The molecule has 0 saturated heterocycles. The number of thiazole rings is 1. The topological polar surface area (TPSA) is 68.0 Å². The Kier molecular flexibility index (Phi) is 9.43. The number of carbonyl (C=O) groups is 1. The predicted molar refractivity (Wildman–Crippen MR) is 101 cm³/mol. The van der Waals surface area contributed by atoms with Crippen molar-refractivity contribution in [1.29, 1.82) is 0 Å². The van der Waals surface area contributed by atoms with E-state index in [1.54, 1.807) is 12.1 Å². The van der Waals surface area contributed by atoms with Crippen molar-refractivity contribution in [3.05, 3.63) is 51.7 Å². The molecule has 0 aliphatic heterocycles. The number of hydrogen-bond acceptors (Lipinski definition) is 4. The second-order valence-corrected chi connectivity index (χ2v) is 6.79. The SMILES string of the molecule is CC(C)(CN)NC(=O)Cc1csc(Cc2ccc(F)cc2)n1.Cl.Cl. The van der Waals surface area contributed by atoms with Crippen LogP contribution in [0.3, 0.4) is 0 Å². The molecule has 134 valence electrons. The highest BCUT2D eigenvalue weighted by atomic mass is 35.5. The largest absolute Gasteiger partial charge is 0.350 e. The molecular weight excluding hydrogens is 372 g/mol. The lowest BCUT2D eigenvalue weighted by Gasteiger charge is -2.23. The van der Waals surface area contributed by atoms with Crippen LogP contribution in [0.15, 0.2) is 29.6 Å². The highest BCUT2D eigenvalue weighted by Gasteiger charge is 2.19. The van der Waals surface area contributed by atoms with Crippen molar-refractivity contribution in [2.45, 2.75) is 32.2 Å². The number of hydrogen-bond donors (Lipinski definition) is 2. The van der Waals surface area contributed by atoms with Crippen molar-refractivity contribution in [2.75, 3.05) is 6.54 Å². The van der Waals surface area contributed by atoms with Gasteiger partial charge in [0.15, 0.2) is 0 Å². The molecule has 0 bridgehead atoms. The van der Waals surface area contributed by atoms with Gasteiger partial charge in [-0.15, -0.1) is 36.2 Å². The lowest BCUT2D eigenvalue weighted by molar-refractivity contribution is -0.121. The number of nitrogens with two attached hydrogens (primary N) is 1. The molecule has 1 aromatic carbocycles. The van der Waals surface area contributed by atoms with Crippen LogP contribution in [0.5, 0.6) is 0 Å². The van der Waals surface area contributed by atoms with Gasteiger partial charge < -0.3 is 11.1 Å². The number of nitrogens with zero attached hydrogens (tertiary/aromatic N) is 1. The summed E-state index contributed by atoms with van der Waals surface area (Å²) in [5.41, 5.74) is 6.92. The highest BCUT2D eigenvalue weighted by molar-refractivity contribution is 7.09. The zero-order valence-electron chi connectivity index (χ0n) is 13.5. The van der Waals surface area contributed by atoms with Gasteiger partial charge in [0.05, 0.1) is 17.1 Å². The van der Waals surface area contributed by atoms with E-state index in [4.69, 9.17) is 5.73 Å². The Hall–Kier alpha value is -1.21. The molecule has 3 N–H and O–H groups in total. The maximum Gasteiger partial charge on any atom is 0.226 e. The van der Waals surface area contributed by atoms with Gasteiger partial charge in [0.2, 0.25) is 5.91 Å². The molecule has 0 saturated carbocycles. The van der Waals surface area contributed by atoms with Crippen LogP contribution in [0.1, 0.15) is 30.1 Å². The number of carbonyl (C=O) groups excluding carboxylic acids is 1. The van der Waals surface area contributed by atoms with E-state index in [-0.39, 0.29) is 43.0 Å². The van der Waals surface area contributed by atoms with Gasteiger partial charge in [0, 0.05) is 23.9 Å². The van der Waals surface area contributed by atoms with Crippen molar-refractivity contribution < 1.29 is 9.18 Å². The fraction of sp³-hybridized carbons (Fsp3) is 0.375. The molecule has 2 rings (SSSR count). The Morgan fingerprint density at radius 3 is 2.50 bits per heavy atom. The van der Waals surface area contributed by atoms with Crippen molar-refractivity contribution in [3.8, 4) is 0 Å². The van der Waals surface area contributed by atoms with E-state index in [0.717, 1.165) is 16.3 Å². The molecule has 1 heterocycles. The summed E-state index contributed by atoms with van der Waals surface area (Å²) in [6.45, 7) is 4.14. The van der Waals surface area contributed by atoms with Gasteiger partial charge in [0.25, 0.3) is 0 Å². The molecule has 24 heavy (non-hydrogen) atoms. The number of rotatable bonds is 6. The van der Waals surface area contributed by atoms with Crippen molar-refractivity contribution >= 4 is 42.1 Å². The Morgan fingerprint density at radius 2 is 1.92 bits per heavy atom. The highest BCUT2D eigenvalue weighted by Crippen LogP contribution is 2.16. The van der Waals surface area contributed by atoms with E-state index in [9.17, 15) is 9.18 Å². The normalized spacial score (nSPS) is 10.5. The molecule has 1 aromatic heterocycles. The first kappa shape index (κ1) is 22.8. The van der Waals surface area contributed by atoms with Gasteiger partial charge in [0.1, 0.15) is 5.82 Å². The molecule has 0 aliphatic carbocycles. The second-order valence-electron chi connectivity index (χ2n) is 5.85. The lowest BCUT2D eigenvalue weighted by atomic mass is 10.1. The summed E-state index contributed by atoms with van der Waals surface area (Å²) in [6, 6.07) is 6.36. The zero-order valence-corrected chi connectivity index (χ0v) is 16.0. The Morgan fingerprint density at radius 1 is 1.29 bits per heavy atom. The fourth-order valence-corrected chi connectivity index (χ4v) is 2.75. The maximum atomic E-state index is 12.9. The third-order valence-corrected chi connectivity index (χ3v) is 4.10. The summed E-state index contributed by atoms with van der Waals surface area (Å²) in [7, 11) is 0. The van der Waals surface area contributed by atoms with Crippen LogP contribution in [0.2, 0.25) is 0 Å². The van der Waals surface area contributed by atoms with Gasteiger partial charge >= 0.3 is 0 Å². The van der Waals surface area contributed by atoms with Crippen LogP contribution < -0.4 is 11.1 Å². The van der Waals surface area contributed by atoms with E-state index in [2.05, 4.69) is 10.3 Å². The van der Waals surface area contributed by atoms with E-state index in [0.29, 0.717) is 13.0 Å². The summed E-state index contributed by atoms with van der Waals surface area (Å²) >= 11 is 1.50. The van der Waals surface area contributed by atoms with E-state index >= 15 is 0 Å². The minimum atomic E-state index is -0.413. The third kappa shape index (κ3) is 7.13. The summed E-state index contributed by atoms with van der Waals surface area (Å²) in [5, 5.41) is 5.67. The second kappa shape index (κ2) is 9.93. The summed E-state index contributed by atoms with van der Waals surface area (Å²) in [6.07, 6.45) is 0.879. The van der Waals surface area contributed by atoms with Crippen LogP contribution in [0, 0.1) is 5.82 Å². The Balaban J connectivity index is 0.00000264. The Labute approximate surface area is 157 Å². The molecule has 4 nitrogen and oxygen atoms in total. The minimum absolute atomic E-state index is 0. The number of aromatic nitrogens is 1. The van der Waals surface area contributed by atoms with Crippen molar-refractivity contribution in [2.24, 2.45) is 5.73 Å². The monoisotopic (exact) mass is 393 g/mol. The number of halogens is 3. The van der Waals surface area contributed by atoms with Crippen LogP contribution in [0.4, 0.5) is 4.39 Å². The molecule has 0 aliphatic rings. The first-order valence-electron chi connectivity index (χ1n) is 7.07. The quantitative estimate of drug-likeness (QED) is 0.791. The molecule has 8 heteroatoms. The number of benzene rings is 1. The van der Waals surface area contributed by atoms with Crippen molar-refractivity contribution in [1.82, 2.24) is 10.3 Å². The molecule has 1 amide bonds. The lowest BCUT2D eigenvalue weighted by Crippen LogP contribution is -2.49. The van der Waals surface area contributed by atoms with Crippen molar-refractivity contribution in [3.63, 3.8) is 0 Å². The summed E-state index contributed by atoms with van der Waals surface area (Å²) in [4.78, 5) is 16.4. The standard InChI is InChI=1S/C16H20FN3OS.2ClH/c1-16(2,10-18)20-14(21)8-13-9-22-15(19-13)7-11-3-5-12(17)6-4-11;;/h3-6,9H,7-8,10,18H2,1-2H3,(H,20,21);2*1H. The van der Waals surface area contributed by atoms with Crippen LogP contribution in [-0.4, -0.2) is 23.0 Å². The van der Waals surface area contributed by atoms with Gasteiger partial charge in [-0.25, -0.2) is 9.37 Å². The smallest absolute Gasteiger partial charge is 0.226 e. The predicted octanol–water partition coefficient (Wildman–Crippen LogP) is 3.11. The number of nitrogens with one attached hydrogen (secondary N) is 1. The average molecular weight is 394 g/mol. The van der Waals surface area contributed by atoms with E-state index in [1.165, 1.54) is 23.5 Å². The molecular formula is C16H22Cl2FN3OS. The van der Waals surface area contributed by atoms with Crippen LogP contribution >= 0.6 is 36.2 Å².